The second-order valence-corrected chi connectivity index (χ2v) is 6.91. The standard InChI is InChI=1S/C20H22F3N3O4/c1-13(2)17(25-14-6-4-3-5-7-14)11-24-19(27)16-10-15(30-12-20(21,22)23)8-9-18(16)26(28)29/h3-10,13,17,25H,11-12H2,1-2H3,(H,24,27). The molecule has 0 saturated heterocycles. The molecule has 0 aliphatic carbocycles. The Morgan fingerprint density at radius 3 is 2.40 bits per heavy atom. The highest BCUT2D eigenvalue weighted by molar-refractivity contribution is 5.98. The van der Waals surface area contributed by atoms with Crippen LogP contribution >= 0.6 is 0 Å². The van der Waals surface area contributed by atoms with Crippen molar-refractivity contribution in [3.63, 3.8) is 0 Å². The number of carbonyl (C=O) groups is 1. The van der Waals surface area contributed by atoms with E-state index in [2.05, 4.69) is 15.4 Å². The summed E-state index contributed by atoms with van der Waals surface area (Å²) < 4.78 is 41.7. The quantitative estimate of drug-likeness (QED) is 0.459. The van der Waals surface area contributed by atoms with Gasteiger partial charge in [0.2, 0.25) is 0 Å². The molecule has 0 saturated carbocycles. The summed E-state index contributed by atoms with van der Waals surface area (Å²) in [6.07, 6.45) is -4.57. The SMILES string of the molecule is CC(C)C(CNC(=O)c1cc(OCC(F)(F)F)ccc1[N+](=O)[O-])Nc1ccccc1. The summed E-state index contributed by atoms with van der Waals surface area (Å²) in [6.45, 7) is 2.47. The molecule has 10 heteroatoms. The lowest BCUT2D eigenvalue weighted by Gasteiger charge is -2.24. The van der Waals surface area contributed by atoms with Crippen molar-refractivity contribution in [3.05, 3.63) is 64.2 Å². The van der Waals surface area contributed by atoms with Crippen LogP contribution in [0.3, 0.4) is 0 Å². The number of nitrogens with one attached hydrogen (secondary N) is 2. The van der Waals surface area contributed by atoms with Crippen LogP contribution in [0.4, 0.5) is 24.5 Å². The number of carbonyl (C=O) groups excluding carboxylic acids is 1. The van der Waals surface area contributed by atoms with Crippen molar-refractivity contribution in [2.45, 2.75) is 26.1 Å². The molecule has 2 aromatic carbocycles. The minimum Gasteiger partial charge on any atom is -0.484 e. The van der Waals surface area contributed by atoms with Crippen LogP contribution in [-0.4, -0.2) is 36.2 Å². The van der Waals surface area contributed by atoms with E-state index in [0.717, 1.165) is 23.9 Å². The highest BCUT2D eigenvalue weighted by Gasteiger charge is 2.29. The third-order valence-electron chi connectivity index (χ3n) is 4.22. The molecule has 0 aromatic heterocycles. The number of nitro benzene ring substituents is 1. The first-order valence-electron chi connectivity index (χ1n) is 9.14. The zero-order valence-corrected chi connectivity index (χ0v) is 16.4. The number of hydrogen-bond acceptors (Lipinski definition) is 5. The average Bonchev–Trinajstić information content (AvgIpc) is 2.69. The van der Waals surface area contributed by atoms with Gasteiger partial charge in [-0.3, -0.25) is 14.9 Å². The Morgan fingerprint density at radius 2 is 1.83 bits per heavy atom. The number of ether oxygens (including phenoxy) is 1. The highest BCUT2D eigenvalue weighted by Crippen LogP contribution is 2.26. The number of alkyl halides is 3. The van der Waals surface area contributed by atoms with Crippen molar-refractivity contribution in [2.75, 3.05) is 18.5 Å². The number of nitrogens with zero attached hydrogens (tertiary/aromatic N) is 1. The molecule has 2 N–H and O–H groups in total. The van der Waals surface area contributed by atoms with Gasteiger partial charge in [0, 0.05) is 24.3 Å². The zero-order valence-electron chi connectivity index (χ0n) is 16.4. The van der Waals surface area contributed by atoms with Gasteiger partial charge in [0.15, 0.2) is 6.61 Å². The summed E-state index contributed by atoms with van der Waals surface area (Å²) in [6, 6.07) is 12.0. The van der Waals surface area contributed by atoms with Gasteiger partial charge in [-0.05, 0) is 30.2 Å². The summed E-state index contributed by atoms with van der Waals surface area (Å²) in [5.41, 5.74) is -0.0511. The summed E-state index contributed by atoms with van der Waals surface area (Å²) in [4.78, 5) is 23.0. The van der Waals surface area contributed by atoms with E-state index in [1.54, 1.807) is 0 Å². The molecular formula is C20H22F3N3O4. The maximum atomic E-state index is 12.6. The predicted molar refractivity (Wildman–Crippen MR) is 106 cm³/mol. The Bertz CT molecular complexity index is 873. The Morgan fingerprint density at radius 1 is 1.17 bits per heavy atom. The van der Waals surface area contributed by atoms with Gasteiger partial charge in [0.05, 0.1) is 4.92 Å². The minimum absolute atomic E-state index is 0.113. The topological polar surface area (TPSA) is 93.5 Å². The number of hydrogen-bond donors (Lipinski definition) is 2. The normalized spacial score (nSPS) is 12.3. The number of rotatable bonds is 9. The third-order valence-corrected chi connectivity index (χ3v) is 4.22. The first-order chi connectivity index (χ1) is 14.1. The average molecular weight is 425 g/mol. The van der Waals surface area contributed by atoms with Crippen molar-refractivity contribution < 1.29 is 27.6 Å². The molecule has 30 heavy (non-hydrogen) atoms. The van der Waals surface area contributed by atoms with Crippen LogP contribution < -0.4 is 15.4 Å². The largest absolute Gasteiger partial charge is 0.484 e. The van der Waals surface area contributed by atoms with E-state index in [1.807, 2.05) is 44.2 Å². The van der Waals surface area contributed by atoms with E-state index in [4.69, 9.17) is 0 Å². The first kappa shape index (κ1) is 23.0. The van der Waals surface area contributed by atoms with E-state index in [1.165, 1.54) is 0 Å². The maximum absolute atomic E-state index is 12.6. The van der Waals surface area contributed by atoms with Crippen LogP contribution in [0, 0.1) is 16.0 Å². The number of benzene rings is 2. The van der Waals surface area contributed by atoms with E-state index < -0.39 is 29.3 Å². The molecule has 0 bridgehead atoms. The van der Waals surface area contributed by atoms with E-state index in [0.29, 0.717) is 0 Å². The lowest BCUT2D eigenvalue weighted by molar-refractivity contribution is -0.385. The van der Waals surface area contributed by atoms with Crippen LogP contribution in [-0.2, 0) is 0 Å². The van der Waals surface area contributed by atoms with Gasteiger partial charge in [-0.25, -0.2) is 0 Å². The summed E-state index contributed by atoms with van der Waals surface area (Å²) in [7, 11) is 0. The van der Waals surface area contributed by atoms with Crippen LogP contribution in [0.25, 0.3) is 0 Å². The Balaban J connectivity index is 2.13. The molecule has 0 aliphatic heterocycles. The molecule has 0 spiro atoms. The minimum atomic E-state index is -4.57. The lowest BCUT2D eigenvalue weighted by atomic mass is 10.0. The van der Waals surface area contributed by atoms with Crippen molar-refractivity contribution in [3.8, 4) is 5.75 Å². The fraction of sp³-hybridized carbons (Fsp3) is 0.350. The molecule has 1 unspecified atom stereocenters. The fourth-order valence-corrected chi connectivity index (χ4v) is 2.61. The van der Waals surface area contributed by atoms with E-state index in [-0.39, 0.29) is 29.8 Å². The number of halogens is 3. The molecule has 0 aliphatic rings. The monoisotopic (exact) mass is 425 g/mol. The van der Waals surface area contributed by atoms with E-state index in [9.17, 15) is 28.1 Å². The van der Waals surface area contributed by atoms with Crippen molar-refractivity contribution in [2.24, 2.45) is 5.92 Å². The predicted octanol–water partition coefficient (Wildman–Crippen LogP) is 4.40. The van der Waals surface area contributed by atoms with Gasteiger partial charge in [-0.2, -0.15) is 13.2 Å². The summed E-state index contributed by atoms with van der Waals surface area (Å²) in [5, 5.41) is 17.1. The smallest absolute Gasteiger partial charge is 0.422 e. The fourth-order valence-electron chi connectivity index (χ4n) is 2.61. The summed E-state index contributed by atoms with van der Waals surface area (Å²) >= 11 is 0. The molecule has 2 aromatic rings. The number of para-hydroxylation sites is 1. The van der Waals surface area contributed by atoms with E-state index >= 15 is 0 Å². The van der Waals surface area contributed by atoms with Crippen LogP contribution in [0.1, 0.15) is 24.2 Å². The van der Waals surface area contributed by atoms with Crippen molar-refractivity contribution >= 4 is 17.3 Å². The van der Waals surface area contributed by atoms with Gasteiger partial charge in [-0.1, -0.05) is 32.0 Å². The first-order valence-corrected chi connectivity index (χ1v) is 9.14. The number of amides is 1. The molecule has 0 fully saturated rings. The number of anilines is 1. The van der Waals surface area contributed by atoms with Gasteiger partial charge in [0.25, 0.3) is 11.6 Å². The van der Waals surface area contributed by atoms with Crippen molar-refractivity contribution in [1.29, 1.82) is 0 Å². The zero-order chi connectivity index (χ0) is 22.3. The highest BCUT2D eigenvalue weighted by atomic mass is 19.4. The van der Waals surface area contributed by atoms with Gasteiger partial charge in [-0.15, -0.1) is 0 Å². The second-order valence-electron chi connectivity index (χ2n) is 6.91. The Hall–Kier alpha value is -3.30. The van der Waals surface area contributed by atoms with Gasteiger partial charge >= 0.3 is 6.18 Å². The molecule has 162 valence electrons. The van der Waals surface area contributed by atoms with Gasteiger partial charge < -0.3 is 15.4 Å². The Kier molecular flexibility index (Phi) is 7.62. The van der Waals surface area contributed by atoms with Crippen LogP contribution in [0.2, 0.25) is 0 Å². The molecular weight excluding hydrogens is 403 g/mol. The Labute approximate surface area is 171 Å². The second kappa shape index (κ2) is 9.95. The molecule has 0 radical (unpaired) electrons. The van der Waals surface area contributed by atoms with Crippen molar-refractivity contribution in [1.82, 2.24) is 5.32 Å². The molecule has 7 nitrogen and oxygen atoms in total. The summed E-state index contributed by atoms with van der Waals surface area (Å²) in [5.74, 6) is -0.951. The van der Waals surface area contributed by atoms with Gasteiger partial charge in [0.1, 0.15) is 11.3 Å². The molecule has 1 amide bonds. The molecule has 1 atom stereocenters. The van der Waals surface area contributed by atoms with Crippen LogP contribution in [0.5, 0.6) is 5.75 Å². The van der Waals surface area contributed by atoms with Crippen LogP contribution in [0.15, 0.2) is 48.5 Å². The molecule has 2 rings (SSSR count). The third kappa shape index (κ3) is 6.94. The molecule has 0 heterocycles. The number of nitro groups is 1. The maximum Gasteiger partial charge on any atom is 0.422 e. The lowest BCUT2D eigenvalue weighted by Crippen LogP contribution is -2.39.